The van der Waals surface area contributed by atoms with Gasteiger partial charge < -0.3 is 14.4 Å². The van der Waals surface area contributed by atoms with Crippen LogP contribution < -0.4 is 14.4 Å². The number of hydrogen-bond donors (Lipinski definition) is 0. The number of carbonyl (C=O) groups excluding carboxylic acids is 1. The van der Waals surface area contributed by atoms with Crippen molar-refractivity contribution in [2.75, 3.05) is 19.1 Å². The lowest BCUT2D eigenvalue weighted by atomic mass is 9.81. The number of fused-ring (bicyclic) bond motifs is 3. The lowest BCUT2D eigenvalue weighted by Gasteiger charge is -2.35. The van der Waals surface area contributed by atoms with Gasteiger partial charge in [0.05, 0.1) is 20.8 Å². The van der Waals surface area contributed by atoms with Crippen molar-refractivity contribution >= 4 is 22.4 Å². The highest BCUT2D eigenvalue weighted by Crippen LogP contribution is 2.45. The molecule has 1 atom stereocenters. The van der Waals surface area contributed by atoms with Crippen LogP contribution in [0.15, 0.2) is 78.9 Å². The van der Waals surface area contributed by atoms with Crippen LogP contribution in [0.5, 0.6) is 11.5 Å². The molecule has 5 heteroatoms. The van der Waals surface area contributed by atoms with E-state index in [0.29, 0.717) is 24.5 Å². The number of amides is 1. The number of nitrogens with zero attached hydrogens (tertiary/aromatic N) is 1. The molecule has 0 spiro atoms. The summed E-state index contributed by atoms with van der Waals surface area (Å²) in [6.07, 6.45) is 0.331. The van der Waals surface area contributed by atoms with Gasteiger partial charge in [-0.2, -0.15) is 0 Å². The summed E-state index contributed by atoms with van der Waals surface area (Å²) in [5, 5.41) is 2.24. The normalized spacial score (nSPS) is 15.4. The van der Waals surface area contributed by atoms with E-state index >= 15 is 0 Å². The minimum atomic E-state index is -0.288. The second kappa shape index (κ2) is 8.58. The summed E-state index contributed by atoms with van der Waals surface area (Å²) in [6, 6.07) is 24.5. The third-order valence-electron chi connectivity index (χ3n) is 6.33. The van der Waals surface area contributed by atoms with E-state index < -0.39 is 0 Å². The number of ether oxygens (including phenoxy) is 2. The molecule has 4 aromatic carbocycles. The molecule has 0 aromatic heterocycles. The van der Waals surface area contributed by atoms with Crippen LogP contribution in [0.1, 0.15) is 29.0 Å². The highest BCUT2D eigenvalue weighted by molar-refractivity contribution is 6.03. The zero-order valence-corrected chi connectivity index (χ0v) is 18.5. The Hall–Kier alpha value is -3.86. The van der Waals surface area contributed by atoms with Crippen LogP contribution in [0, 0.1) is 5.82 Å². The van der Waals surface area contributed by atoms with Crippen LogP contribution in [-0.2, 0) is 11.3 Å². The molecule has 0 aliphatic carbocycles. The molecule has 0 fully saturated rings. The maximum absolute atomic E-state index is 13.4. The minimum Gasteiger partial charge on any atom is -0.493 e. The Bertz CT molecular complexity index is 1330. The Kier molecular flexibility index (Phi) is 5.47. The van der Waals surface area contributed by atoms with Crippen molar-refractivity contribution in [1.82, 2.24) is 0 Å². The van der Waals surface area contributed by atoms with Gasteiger partial charge >= 0.3 is 0 Å². The average Bonchev–Trinajstić information content (AvgIpc) is 2.85. The van der Waals surface area contributed by atoms with Crippen LogP contribution in [0.2, 0.25) is 0 Å². The predicted molar refractivity (Wildman–Crippen MR) is 128 cm³/mol. The zero-order valence-electron chi connectivity index (χ0n) is 18.5. The zero-order chi connectivity index (χ0) is 22.9. The maximum Gasteiger partial charge on any atom is 0.228 e. The number of halogens is 1. The second-order valence-electron chi connectivity index (χ2n) is 8.20. The van der Waals surface area contributed by atoms with E-state index in [2.05, 4.69) is 18.2 Å². The minimum absolute atomic E-state index is 0.0295. The van der Waals surface area contributed by atoms with Crippen molar-refractivity contribution in [3.8, 4) is 11.5 Å². The maximum atomic E-state index is 13.4. The Labute approximate surface area is 192 Å². The molecule has 4 aromatic rings. The molecule has 1 amide bonds. The summed E-state index contributed by atoms with van der Waals surface area (Å²) < 4.78 is 24.3. The number of rotatable bonds is 5. The van der Waals surface area contributed by atoms with Crippen molar-refractivity contribution in [3.05, 3.63) is 101 Å². The number of anilines is 1. The second-order valence-corrected chi connectivity index (χ2v) is 8.20. The molecular weight excluding hydrogens is 417 g/mol. The van der Waals surface area contributed by atoms with E-state index in [1.807, 2.05) is 41.3 Å². The van der Waals surface area contributed by atoms with Gasteiger partial charge in [-0.05, 0) is 57.8 Å². The van der Waals surface area contributed by atoms with E-state index in [-0.39, 0.29) is 17.6 Å². The Morgan fingerprint density at radius 2 is 1.67 bits per heavy atom. The summed E-state index contributed by atoms with van der Waals surface area (Å²) in [4.78, 5) is 15.2. The lowest BCUT2D eigenvalue weighted by Crippen LogP contribution is -2.36. The van der Waals surface area contributed by atoms with E-state index in [1.165, 1.54) is 12.1 Å². The molecular formula is C28H24FNO3. The van der Waals surface area contributed by atoms with Gasteiger partial charge in [0.15, 0.2) is 11.5 Å². The van der Waals surface area contributed by atoms with E-state index in [0.717, 1.165) is 33.2 Å². The molecule has 1 aliphatic rings. The number of carbonyl (C=O) groups is 1. The Morgan fingerprint density at radius 3 is 2.42 bits per heavy atom. The quantitative estimate of drug-likeness (QED) is 0.378. The fourth-order valence-electron chi connectivity index (χ4n) is 4.71. The van der Waals surface area contributed by atoms with Crippen LogP contribution in [0.4, 0.5) is 10.1 Å². The van der Waals surface area contributed by atoms with Gasteiger partial charge in [0.1, 0.15) is 5.82 Å². The standard InChI is InChI=1S/C28H24FNO3/c1-32-25-14-10-20(15-26(25)33-2)23-16-27(31)30(17-18-7-11-21(29)12-8-18)24-13-9-19-5-3-4-6-22(19)28(23)24/h3-15,23H,16-17H2,1-2H3. The van der Waals surface area contributed by atoms with Gasteiger partial charge in [-0.1, -0.05) is 48.5 Å². The van der Waals surface area contributed by atoms with Gasteiger partial charge in [0.2, 0.25) is 5.91 Å². The Morgan fingerprint density at radius 1 is 0.909 bits per heavy atom. The number of benzene rings is 4. The van der Waals surface area contributed by atoms with Crippen LogP contribution in [0.25, 0.3) is 10.8 Å². The fourth-order valence-corrected chi connectivity index (χ4v) is 4.71. The molecule has 166 valence electrons. The van der Waals surface area contributed by atoms with Crippen molar-refractivity contribution < 1.29 is 18.7 Å². The first-order valence-electron chi connectivity index (χ1n) is 10.9. The molecule has 1 aliphatic heterocycles. The van der Waals surface area contributed by atoms with Gasteiger partial charge in [0.25, 0.3) is 0 Å². The van der Waals surface area contributed by atoms with Crippen LogP contribution in [0.3, 0.4) is 0 Å². The predicted octanol–water partition coefficient (Wildman–Crippen LogP) is 6.06. The third kappa shape index (κ3) is 3.80. The van der Waals surface area contributed by atoms with Gasteiger partial charge in [-0.25, -0.2) is 4.39 Å². The monoisotopic (exact) mass is 441 g/mol. The molecule has 0 saturated carbocycles. The molecule has 0 bridgehead atoms. The van der Waals surface area contributed by atoms with Crippen LogP contribution >= 0.6 is 0 Å². The number of hydrogen-bond acceptors (Lipinski definition) is 3. The van der Waals surface area contributed by atoms with Crippen LogP contribution in [-0.4, -0.2) is 20.1 Å². The fraction of sp³-hybridized carbons (Fsp3) is 0.179. The molecule has 0 N–H and O–H groups in total. The van der Waals surface area contributed by atoms with E-state index in [4.69, 9.17) is 9.47 Å². The third-order valence-corrected chi connectivity index (χ3v) is 6.33. The SMILES string of the molecule is COc1ccc(C2CC(=O)N(Cc3ccc(F)cc3)c3ccc4ccccc4c32)cc1OC. The molecule has 0 saturated heterocycles. The summed E-state index contributed by atoms with van der Waals surface area (Å²) in [7, 11) is 3.22. The molecule has 0 radical (unpaired) electrons. The van der Waals surface area contributed by atoms with Gasteiger partial charge in [0, 0.05) is 18.0 Å². The smallest absolute Gasteiger partial charge is 0.228 e. The van der Waals surface area contributed by atoms with E-state index in [9.17, 15) is 9.18 Å². The van der Waals surface area contributed by atoms with Crippen molar-refractivity contribution in [2.24, 2.45) is 0 Å². The van der Waals surface area contributed by atoms with Crippen molar-refractivity contribution in [1.29, 1.82) is 0 Å². The van der Waals surface area contributed by atoms with E-state index in [1.54, 1.807) is 26.4 Å². The molecule has 33 heavy (non-hydrogen) atoms. The summed E-state index contributed by atoms with van der Waals surface area (Å²) in [5.41, 5.74) is 3.88. The highest BCUT2D eigenvalue weighted by Gasteiger charge is 2.34. The Balaban J connectivity index is 1.66. The van der Waals surface area contributed by atoms with Gasteiger partial charge in [-0.3, -0.25) is 4.79 Å². The largest absolute Gasteiger partial charge is 0.493 e. The average molecular weight is 442 g/mol. The van der Waals surface area contributed by atoms with Crippen molar-refractivity contribution in [3.63, 3.8) is 0 Å². The number of methoxy groups -OCH3 is 2. The highest BCUT2D eigenvalue weighted by atomic mass is 19.1. The van der Waals surface area contributed by atoms with Crippen molar-refractivity contribution in [2.45, 2.75) is 18.9 Å². The first-order valence-corrected chi connectivity index (χ1v) is 10.9. The summed E-state index contributed by atoms with van der Waals surface area (Å²) in [6.45, 7) is 0.392. The summed E-state index contributed by atoms with van der Waals surface area (Å²) in [5.74, 6) is 0.908. The van der Waals surface area contributed by atoms with Gasteiger partial charge in [-0.15, -0.1) is 0 Å². The topological polar surface area (TPSA) is 38.8 Å². The summed E-state index contributed by atoms with van der Waals surface area (Å²) >= 11 is 0. The molecule has 1 heterocycles. The first kappa shape index (κ1) is 21.0. The molecule has 4 nitrogen and oxygen atoms in total. The molecule has 1 unspecified atom stereocenters. The first-order chi connectivity index (χ1) is 16.1. The molecule has 5 rings (SSSR count). The lowest BCUT2D eigenvalue weighted by molar-refractivity contribution is -0.119.